The standard InChI is InChI=1S/C23H25ClN6O2S/c1-28(2)14-21(31)30-11-9-29(10-12-30)16-7-8-19(25-13-16)22(32)27-23-26-20(15-33-23)17-5-3-4-6-18(17)24/h3-8,13,15H,9-12,14H2,1-2H3,(H,26,27,32). The molecular formula is C23H25ClN6O2S. The molecule has 172 valence electrons. The molecule has 0 unspecified atom stereocenters. The smallest absolute Gasteiger partial charge is 0.276 e. The fraction of sp³-hybridized carbons (Fsp3) is 0.304. The second-order valence-electron chi connectivity index (χ2n) is 7.98. The lowest BCUT2D eigenvalue weighted by Crippen LogP contribution is -2.50. The fourth-order valence-electron chi connectivity index (χ4n) is 3.58. The lowest BCUT2D eigenvalue weighted by Gasteiger charge is -2.36. The summed E-state index contributed by atoms with van der Waals surface area (Å²) in [5.41, 5.74) is 2.78. The Morgan fingerprint density at radius 2 is 1.88 bits per heavy atom. The topological polar surface area (TPSA) is 81.7 Å². The van der Waals surface area contributed by atoms with Crippen LogP contribution in [0.15, 0.2) is 48.0 Å². The van der Waals surface area contributed by atoms with E-state index in [9.17, 15) is 9.59 Å². The van der Waals surface area contributed by atoms with Crippen LogP contribution in [-0.2, 0) is 4.79 Å². The summed E-state index contributed by atoms with van der Waals surface area (Å²) in [4.78, 5) is 39.6. The third-order valence-electron chi connectivity index (χ3n) is 5.30. The van der Waals surface area contributed by atoms with Crippen molar-refractivity contribution in [3.8, 4) is 11.3 Å². The third kappa shape index (κ3) is 5.68. The van der Waals surface area contributed by atoms with Crippen LogP contribution < -0.4 is 10.2 Å². The van der Waals surface area contributed by atoms with E-state index in [0.29, 0.717) is 41.2 Å². The number of nitrogens with one attached hydrogen (secondary N) is 1. The van der Waals surface area contributed by atoms with E-state index >= 15 is 0 Å². The summed E-state index contributed by atoms with van der Waals surface area (Å²) in [5, 5.41) is 5.76. The second kappa shape index (κ2) is 10.3. The number of nitrogens with zero attached hydrogens (tertiary/aromatic N) is 5. The van der Waals surface area contributed by atoms with Crippen LogP contribution in [0.25, 0.3) is 11.3 Å². The molecule has 0 aliphatic carbocycles. The van der Waals surface area contributed by atoms with Gasteiger partial charge in [-0.3, -0.25) is 14.9 Å². The number of pyridine rings is 1. The zero-order valence-electron chi connectivity index (χ0n) is 18.5. The minimum Gasteiger partial charge on any atom is -0.367 e. The van der Waals surface area contributed by atoms with Crippen molar-refractivity contribution in [1.29, 1.82) is 0 Å². The van der Waals surface area contributed by atoms with Gasteiger partial charge < -0.3 is 14.7 Å². The van der Waals surface area contributed by atoms with Crippen LogP contribution in [0.2, 0.25) is 5.02 Å². The number of thiazole rings is 1. The molecule has 10 heteroatoms. The van der Waals surface area contributed by atoms with Crippen molar-refractivity contribution >= 4 is 45.6 Å². The highest BCUT2D eigenvalue weighted by molar-refractivity contribution is 7.14. The molecule has 4 rings (SSSR count). The number of rotatable bonds is 6. The van der Waals surface area contributed by atoms with Gasteiger partial charge in [-0.2, -0.15) is 0 Å². The number of likely N-dealkylation sites (N-methyl/N-ethyl adjacent to an activating group) is 1. The summed E-state index contributed by atoms with van der Waals surface area (Å²) < 4.78 is 0. The summed E-state index contributed by atoms with van der Waals surface area (Å²) in [6.45, 7) is 3.23. The Balaban J connectivity index is 1.34. The molecule has 0 radical (unpaired) electrons. The van der Waals surface area contributed by atoms with E-state index in [0.717, 1.165) is 24.3 Å². The van der Waals surface area contributed by atoms with Crippen molar-refractivity contribution in [3.63, 3.8) is 0 Å². The first-order valence-corrected chi connectivity index (χ1v) is 11.8. The zero-order valence-corrected chi connectivity index (χ0v) is 20.1. The van der Waals surface area contributed by atoms with Crippen molar-refractivity contribution in [2.45, 2.75) is 0 Å². The molecule has 33 heavy (non-hydrogen) atoms. The molecule has 1 N–H and O–H groups in total. The lowest BCUT2D eigenvalue weighted by molar-refractivity contribution is -0.132. The predicted molar refractivity (Wildman–Crippen MR) is 132 cm³/mol. The van der Waals surface area contributed by atoms with E-state index in [4.69, 9.17) is 11.6 Å². The van der Waals surface area contributed by atoms with Gasteiger partial charge in [-0.1, -0.05) is 29.8 Å². The van der Waals surface area contributed by atoms with E-state index in [1.165, 1.54) is 11.3 Å². The molecule has 1 aliphatic heterocycles. The number of hydrogen-bond donors (Lipinski definition) is 1. The first kappa shape index (κ1) is 23.2. The van der Waals surface area contributed by atoms with E-state index in [-0.39, 0.29) is 11.8 Å². The van der Waals surface area contributed by atoms with Crippen LogP contribution >= 0.6 is 22.9 Å². The molecule has 1 aromatic carbocycles. The van der Waals surface area contributed by atoms with Gasteiger partial charge in [0.15, 0.2) is 5.13 Å². The van der Waals surface area contributed by atoms with E-state index in [1.807, 2.05) is 59.6 Å². The normalized spacial score (nSPS) is 13.9. The van der Waals surface area contributed by atoms with Crippen LogP contribution in [-0.4, -0.2) is 78.4 Å². The summed E-state index contributed by atoms with van der Waals surface area (Å²) in [6, 6.07) is 11.0. The molecular weight excluding hydrogens is 460 g/mol. The lowest BCUT2D eigenvalue weighted by atomic mass is 10.2. The number of piperazine rings is 1. The van der Waals surface area contributed by atoms with Crippen molar-refractivity contribution in [2.75, 3.05) is 57.0 Å². The summed E-state index contributed by atoms with van der Waals surface area (Å²) in [7, 11) is 3.79. The first-order chi connectivity index (χ1) is 15.9. The Morgan fingerprint density at radius 1 is 1.12 bits per heavy atom. The summed E-state index contributed by atoms with van der Waals surface area (Å²) in [6.07, 6.45) is 1.70. The van der Waals surface area contributed by atoms with Crippen molar-refractivity contribution in [3.05, 3.63) is 58.7 Å². The van der Waals surface area contributed by atoms with E-state index in [1.54, 1.807) is 12.3 Å². The molecule has 8 nitrogen and oxygen atoms in total. The van der Waals surface area contributed by atoms with Gasteiger partial charge in [-0.25, -0.2) is 9.97 Å². The van der Waals surface area contributed by atoms with Crippen LogP contribution in [0.5, 0.6) is 0 Å². The third-order valence-corrected chi connectivity index (χ3v) is 6.39. The Morgan fingerprint density at radius 3 is 2.55 bits per heavy atom. The first-order valence-electron chi connectivity index (χ1n) is 10.6. The molecule has 0 atom stereocenters. The maximum absolute atomic E-state index is 12.6. The molecule has 2 aromatic heterocycles. The Kier molecular flexibility index (Phi) is 7.22. The van der Waals surface area contributed by atoms with Gasteiger partial charge in [0.05, 0.1) is 24.1 Å². The van der Waals surface area contributed by atoms with Gasteiger partial charge in [0.2, 0.25) is 5.91 Å². The Bertz CT molecular complexity index is 1130. The van der Waals surface area contributed by atoms with Gasteiger partial charge in [0.1, 0.15) is 5.69 Å². The fourth-order valence-corrected chi connectivity index (χ4v) is 4.52. The van der Waals surface area contributed by atoms with E-state index < -0.39 is 0 Å². The summed E-state index contributed by atoms with van der Waals surface area (Å²) >= 11 is 7.57. The molecule has 1 saturated heterocycles. The average Bonchev–Trinajstić information content (AvgIpc) is 3.27. The molecule has 2 amide bonds. The molecule has 3 aromatic rings. The van der Waals surface area contributed by atoms with Crippen molar-refractivity contribution in [2.24, 2.45) is 0 Å². The molecule has 0 bridgehead atoms. The zero-order chi connectivity index (χ0) is 23.4. The number of benzene rings is 1. The molecule has 0 saturated carbocycles. The highest BCUT2D eigenvalue weighted by Crippen LogP contribution is 2.30. The van der Waals surface area contributed by atoms with E-state index in [2.05, 4.69) is 20.2 Å². The average molecular weight is 485 g/mol. The molecule has 0 spiro atoms. The Hall–Kier alpha value is -3.01. The highest BCUT2D eigenvalue weighted by Gasteiger charge is 2.22. The Labute approximate surface area is 201 Å². The minimum absolute atomic E-state index is 0.143. The number of halogens is 1. The number of aromatic nitrogens is 2. The number of amides is 2. The van der Waals surface area contributed by atoms with Crippen LogP contribution in [0.1, 0.15) is 10.5 Å². The predicted octanol–water partition coefficient (Wildman–Crippen LogP) is 3.32. The maximum atomic E-state index is 12.6. The van der Waals surface area contributed by atoms with Gasteiger partial charge >= 0.3 is 0 Å². The maximum Gasteiger partial charge on any atom is 0.276 e. The molecule has 3 heterocycles. The number of hydrogen-bond acceptors (Lipinski definition) is 7. The number of carbonyl (C=O) groups excluding carboxylic acids is 2. The summed E-state index contributed by atoms with van der Waals surface area (Å²) in [5.74, 6) is -0.176. The second-order valence-corrected chi connectivity index (χ2v) is 9.24. The van der Waals surface area contributed by atoms with Crippen molar-refractivity contribution < 1.29 is 9.59 Å². The van der Waals surface area contributed by atoms with Crippen LogP contribution in [0.3, 0.4) is 0 Å². The van der Waals surface area contributed by atoms with Gasteiger partial charge in [-0.15, -0.1) is 11.3 Å². The number of carbonyl (C=O) groups is 2. The SMILES string of the molecule is CN(C)CC(=O)N1CCN(c2ccc(C(=O)Nc3nc(-c4ccccc4Cl)cs3)nc2)CC1. The minimum atomic E-state index is -0.319. The monoisotopic (exact) mass is 484 g/mol. The highest BCUT2D eigenvalue weighted by atomic mass is 35.5. The van der Waals surface area contributed by atoms with Gasteiger partial charge in [-0.05, 0) is 32.3 Å². The van der Waals surface area contributed by atoms with Crippen LogP contribution in [0, 0.1) is 0 Å². The quantitative estimate of drug-likeness (QED) is 0.578. The molecule has 1 aliphatic rings. The largest absolute Gasteiger partial charge is 0.367 e. The van der Waals surface area contributed by atoms with Gasteiger partial charge in [0, 0.05) is 42.1 Å². The molecule has 1 fully saturated rings. The number of anilines is 2. The van der Waals surface area contributed by atoms with Gasteiger partial charge in [0.25, 0.3) is 5.91 Å². The van der Waals surface area contributed by atoms with Crippen molar-refractivity contribution in [1.82, 2.24) is 19.8 Å². The van der Waals surface area contributed by atoms with Crippen LogP contribution in [0.4, 0.5) is 10.8 Å².